The number of benzene rings is 1. The molecule has 3 rings (SSSR count). The molecule has 2 aromatic heterocycles. The van der Waals surface area contributed by atoms with Crippen molar-refractivity contribution in [3.05, 3.63) is 56.7 Å². The van der Waals surface area contributed by atoms with Gasteiger partial charge in [0.2, 0.25) is 5.88 Å². The lowest BCUT2D eigenvalue weighted by molar-refractivity contribution is 0.449. The summed E-state index contributed by atoms with van der Waals surface area (Å²) in [6, 6.07) is 8.05. The Kier molecular flexibility index (Phi) is 3.88. The number of hydrogen-bond acceptors (Lipinski definition) is 4. The lowest BCUT2D eigenvalue weighted by atomic mass is 10.1. The third kappa shape index (κ3) is 2.84. The Balaban J connectivity index is 1.73. The number of hydrogen-bond donors (Lipinski definition) is 4. The second-order valence-electron chi connectivity index (χ2n) is 4.82. The first-order chi connectivity index (χ1) is 10.6. The van der Waals surface area contributed by atoms with Crippen molar-refractivity contribution >= 4 is 29.3 Å². The van der Waals surface area contributed by atoms with E-state index in [1.54, 1.807) is 0 Å². The number of rotatable bonds is 4. The van der Waals surface area contributed by atoms with Crippen LogP contribution in [0.15, 0.2) is 40.2 Å². The smallest absolute Gasteiger partial charge is 0.264 e. The maximum Gasteiger partial charge on any atom is 0.264 e. The molecule has 112 valence electrons. The van der Waals surface area contributed by atoms with Gasteiger partial charge in [0.15, 0.2) is 4.77 Å². The zero-order valence-electron chi connectivity index (χ0n) is 11.6. The average molecular weight is 314 g/mol. The molecule has 6 nitrogen and oxygen atoms in total. The molecule has 3 aromatic rings. The minimum atomic E-state index is -0.461. The molecule has 1 aromatic carbocycles. The maximum atomic E-state index is 11.7. The number of aromatic amines is 3. The van der Waals surface area contributed by atoms with Crippen LogP contribution in [0.5, 0.6) is 5.88 Å². The monoisotopic (exact) mass is 314 g/mol. The number of aromatic nitrogens is 3. The van der Waals surface area contributed by atoms with Crippen molar-refractivity contribution in [3.8, 4) is 5.88 Å². The number of nitrogens with zero attached hydrogens (tertiary/aromatic N) is 1. The SMILES string of the molecule is O=c1[nH]c(=S)[nH]c(O)c1C=NCCc1c[nH]c2ccccc12. The van der Waals surface area contributed by atoms with Crippen LogP contribution >= 0.6 is 12.2 Å². The van der Waals surface area contributed by atoms with Gasteiger partial charge >= 0.3 is 0 Å². The van der Waals surface area contributed by atoms with E-state index in [1.807, 2.05) is 24.4 Å². The highest BCUT2D eigenvalue weighted by Crippen LogP contribution is 2.17. The molecule has 0 radical (unpaired) electrons. The zero-order valence-corrected chi connectivity index (χ0v) is 12.4. The molecule has 0 spiro atoms. The topological polar surface area (TPSA) is 97.0 Å². The van der Waals surface area contributed by atoms with E-state index >= 15 is 0 Å². The third-order valence-corrected chi connectivity index (χ3v) is 3.57. The molecule has 0 aliphatic heterocycles. The molecule has 4 N–H and O–H groups in total. The van der Waals surface area contributed by atoms with Gasteiger partial charge in [-0.2, -0.15) is 0 Å². The van der Waals surface area contributed by atoms with Crippen molar-refractivity contribution in [1.29, 1.82) is 0 Å². The van der Waals surface area contributed by atoms with E-state index in [0.29, 0.717) is 6.54 Å². The van der Waals surface area contributed by atoms with E-state index in [4.69, 9.17) is 12.2 Å². The van der Waals surface area contributed by atoms with Gasteiger partial charge in [-0.25, -0.2) is 0 Å². The van der Waals surface area contributed by atoms with Crippen LogP contribution < -0.4 is 5.56 Å². The molecule has 0 bridgehead atoms. The van der Waals surface area contributed by atoms with Gasteiger partial charge in [-0.3, -0.25) is 14.8 Å². The number of para-hydroxylation sites is 1. The lowest BCUT2D eigenvalue weighted by Crippen LogP contribution is -2.13. The Labute approximate surface area is 130 Å². The summed E-state index contributed by atoms with van der Waals surface area (Å²) in [5, 5.41) is 10.8. The molecule has 0 fully saturated rings. The summed E-state index contributed by atoms with van der Waals surface area (Å²) in [4.78, 5) is 24.0. The normalized spacial score (nSPS) is 11.5. The van der Waals surface area contributed by atoms with Crippen LogP contribution in [0.3, 0.4) is 0 Å². The van der Waals surface area contributed by atoms with Gasteiger partial charge in [0, 0.05) is 29.9 Å². The summed E-state index contributed by atoms with van der Waals surface area (Å²) < 4.78 is 0.0819. The molecule has 7 heteroatoms. The molecular formula is C15H14N4O2S. The molecule has 2 heterocycles. The second-order valence-corrected chi connectivity index (χ2v) is 5.22. The molecule has 22 heavy (non-hydrogen) atoms. The van der Waals surface area contributed by atoms with E-state index in [0.717, 1.165) is 11.9 Å². The highest BCUT2D eigenvalue weighted by atomic mass is 32.1. The summed E-state index contributed by atoms with van der Waals surface area (Å²) in [6.45, 7) is 0.510. The van der Waals surface area contributed by atoms with Gasteiger partial charge in [-0.05, 0) is 30.3 Å². The van der Waals surface area contributed by atoms with Crippen LogP contribution in [0, 0.1) is 4.77 Å². The van der Waals surface area contributed by atoms with Gasteiger partial charge < -0.3 is 15.1 Å². The van der Waals surface area contributed by atoms with Gasteiger partial charge in [-0.1, -0.05) is 18.2 Å². The number of nitrogens with one attached hydrogen (secondary N) is 3. The minimum absolute atomic E-state index is 0.0764. The van der Waals surface area contributed by atoms with E-state index in [1.165, 1.54) is 17.2 Å². The molecule has 0 saturated heterocycles. The van der Waals surface area contributed by atoms with Crippen molar-refractivity contribution < 1.29 is 5.11 Å². The fraction of sp³-hybridized carbons (Fsp3) is 0.133. The molecular weight excluding hydrogens is 300 g/mol. The molecule has 0 saturated carbocycles. The number of fused-ring (bicyclic) bond motifs is 1. The van der Waals surface area contributed by atoms with Crippen molar-refractivity contribution in [3.63, 3.8) is 0 Å². The predicted molar refractivity (Wildman–Crippen MR) is 88.4 cm³/mol. The summed E-state index contributed by atoms with van der Waals surface area (Å²) >= 11 is 4.76. The largest absolute Gasteiger partial charge is 0.494 e. The maximum absolute atomic E-state index is 11.7. The van der Waals surface area contributed by atoms with Crippen LogP contribution in [-0.2, 0) is 6.42 Å². The van der Waals surface area contributed by atoms with E-state index in [9.17, 15) is 9.90 Å². The fourth-order valence-electron chi connectivity index (χ4n) is 2.28. The van der Waals surface area contributed by atoms with Gasteiger partial charge in [0.05, 0.1) is 0 Å². The highest BCUT2D eigenvalue weighted by molar-refractivity contribution is 7.71. The van der Waals surface area contributed by atoms with Crippen molar-refractivity contribution in [2.75, 3.05) is 6.54 Å². The van der Waals surface area contributed by atoms with Gasteiger partial charge in [0.1, 0.15) is 5.56 Å². The molecule has 0 atom stereocenters. The highest BCUT2D eigenvalue weighted by Gasteiger charge is 2.04. The Morgan fingerprint density at radius 3 is 2.91 bits per heavy atom. The first-order valence-corrected chi connectivity index (χ1v) is 7.16. The van der Waals surface area contributed by atoms with Crippen LogP contribution in [0.1, 0.15) is 11.1 Å². The van der Waals surface area contributed by atoms with Gasteiger partial charge in [0.25, 0.3) is 5.56 Å². The van der Waals surface area contributed by atoms with Crippen LogP contribution in [0.25, 0.3) is 10.9 Å². The molecule has 0 unspecified atom stereocenters. The van der Waals surface area contributed by atoms with E-state index in [2.05, 4.69) is 26.0 Å². The van der Waals surface area contributed by atoms with Crippen molar-refractivity contribution in [2.45, 2.75) is 6.42 Å². The van der Waals surface area contributed by atoms with Crippen molar-refractivity contribution in [1.82, 2.24) is 15.0 Å². The van der Waals surface area contributed by atoms with E-state index < -0.39 is 5.56 Å². The second kappa shape index (κ2) is 5.98. The predicted octanol–water partition coefficient (Wildman–Crippen LogP) is 2.28. The lowest BCUT2D eigenvalue weighted by Gasteiger charge is -1.98. The zero-order chi connectivity index (χ0) is 15.5. The summed E-state index contributed by atoms with van der Waals surface area (Å²) in [7, 11) is 0. The summed E-state index contributed by atoms with van der Waals surface area (Å²) in [6.07, 6.45) is 4.06. The Hall–Kier alpha value is -2.67. The standard InChI is InChI=1S/C15H14N4O2S/c20-13-11(14(21)19-15(22)18-13)8-16-6-5-9-7-17-12-4-2-1-3-10(9)12/h1-4,7-8,17H,5-6H2,(H3,18,19,20,21,22). The minimum Gasteiger partial charge on any atom is -0.494 e. The Morgan fingerprint density at radius 1 is 1.27 bits per heavy atom. The fourth-order valence-corrected chi connectivity index (χ4v) is 2.47. The van der Waals surface area contributed by atoms with Crippen LogP contribution in [-0.4, -0.2) is 32.8 Å². The van der Waals surface area contributed by atoms with Crippen LogP contribution in [0.2, 0.25) is 0 Å². The Morgan fingerprint density at radius 2 is 2.09 bits per heavy atom. The first-order valence-electron chi connectivity index (χ1n) is 6.75. The first kappa shape index (κ1) is 14.3. The summed E-state index contributed by atoms with van der Waals surface area (Å²) in [5.41, 5.74) is 1.87. The summed E-state index contributed by atoms with van der Waals surface area (Å²) in [5.74, 6) is -0.274. The Bertz CT molecular complexity index is 952. The molecule has 0 amide bonds. The van der Waals surface area contributed by atoms with E-state index in [-0.39, 0.29) is 16.2 Å². The quantitative estimate of drug-likeness (QED) is 0.439. The van der Waals surface area contributed by atoms with Gasteiger partial charge in [-0.15, -0.1) is 0 Å². The number of aromatic hydroxyl groups is 1. The third-order valence-electron chi connectivity index (χ3n) is 3.36. The number of aliphatic imine (C=N–C) groups is 1. The molecule has 0 aliphatic carbocycles. The average Bonchev–Trinajstić information content (AvgIpc) is 2.89. The molecule has 0 aliphatic rings. The number of H-pyrrole nitrogens is 3. The van der Waals surface area contributed by atoms with Crippen LogP contribution in [0.4, 0.5) is 0 Å². The van der Waals surface area contributed by atoms with Crippen molar-refractivity contribution in [2.24, 2.45) is 4.99 Å².